The van der Waals surface area contributed by atoms with Crippen molar-refractivity contribution in [2.45, 2.75) is 38.6 Å². The third-order valence-corrected chi connectivity index (χ3v) is 3.73. The summed E-state index contributed by atoms with van der Waals surface area (Å²) in [5, 5.41) is 0. The lowest BCUT2D eigenvalue weighted by atomic mass is 10.1. The Kier molecular flexibility index (Phi) is 5.55. The van der Waals surface area contributed by atoms with E-state index in [1.165, 1.54) is 6.26 Å². The highest BCUT2D eigenvalue weighted by atomic mass is 32.2. The van der Waals surface area contributed by atoms with Gasteiger partial charge in [-0.2, -0.15) is 0 Å². The second-order valence-electron chi connectivity index (χ2n) is 4.81. The van der Waals surface area contributed by atoms with Crippen LogP contribution in [0, 0.1) is 0 Å². The van der Waals surface area contributed by atoms with Gasteiger partial charge < -0.3 is 9.69 Å². The summed E-state index contributed by atoms with van der Waals surface area (Å²) in [7, 11) is -3.08. The first-order valence-corrected chi connectivity index (χ1v) is 7.95. The number of sulfonamides is 1. The fourth-order valence-electron chi connectivity index (χ4n) is 2.13. The van der Waals surface area contributed by atoms with Gasteiger partial charge in [0.25, 0.3) is 0 Å². The maximum atomic E-state index is 11.1. The summed E-state index contributed by atoms with van der Waals surface area (Å²) < 4.78 is 24.8. The molecule has 1 fully saturated rings. The number of nitrogens with zero attached hydrogens (tertiary/aromatic N) is 1. The van der Waals surface area contributed by atoms with Gasteiger partial charge in [0.1, 0.15) is 5.78 Å². The topological polar surface area (TPSA) is 66.5 Å². The van der Waals surface area contributed by atoms with Crippen LogP contribution in [0.1, 0.15) is 32.6 Å². The Morgan fingerprint density at radius 3 is 2.41 bits per heavy atom. The van der Waals surface area contributed by atoms with Crippen LogP contribution in [-0.2, 0) is 14.8 Å². The van der Waals surface area contributed by atoms with E-state index in [9.17, 15) is 13.2 Å². The minimum absolute atomic E-state index is 0.0778. The molecule has 0 saturated carbocycles. The lowest BCUT2D eigenvalue weighted by Crippen LogP contribution is -2.44. The zero-order chi connectivity index (χ0) is 12.9. The van der Waals surface area contributed by atoms with E-state index in [1.54, 1.807) is 6.92 Å². The normalized spacial score (nSPS) is 19.4. The Hall–Kier alpha value is -0.460. The van der Waals surface area contributed by atoms with E-state index < -0.39 is 10.0 Å². The van der Waals surface area contributed by atoms with E-state index in [1.807, 2.05) is 0 Å². The Morgan fingerprint density at radius 1 is 1.35 bits per heavy atom. The van der Waals surface area contributed by atoms with Crippen molar-refractivity contribution in [1.82, 2.24) is 9.62 Å². The molecule has 1 saturated heterocycles. The number of hydrogen-bond donors (Lipinski definition) is 1. The van der Waals surface area contributed by atoms with Gasteiger partial charge in [0.05, 0.1) is 6.26 Å². The molecule has 0 aromatic heterocycles. The second-order valence-corrected chi connectivity index (χ2v) is 6.59. The molecule has 1 aliphatic heterocycles. The zero-order valence-electron chi connectivity index (χ0n) is 10.6. The van der Waals surface area contributed by atoms with Crippen molar-refractivity contribution in [1.29, 1.82) is 0 Å². The van der Waals surface area contributed by atoms with Crippen LogP contribution in [0.15, 0.2) is 0 Å². The molecule has 0 unspecified atom stereocenters. The first kappa shape index (κ1) is 14.6. The molecular formula is C11H22N2O3S. The molecule has 5 nitrogen and oxygen atoms in total. The van der Waals surface area contributed by atoms with E-state index in [0.29, 0.717) is 6.42 Å². The average Bonchev–Trinajstić information content (AvgIpc) is 2.18. The molecule has 1 heterocycles. The minimum atomic E-state index is -3.08. The van der Waals surface area contributed by atoms with E-state index in [2.05, 4.69) is 9.62 Å². The highest BCUT2D eigenvalue weighted by Gasteiger charge is 2.21. The lowest BCUT2D eigenvalue weighted by molar-refractivity contribution is -0.117. The quantitative estimate of drug-likeness (QED) is 0.751. The van der Waals surface area contributed by atoms with Crippen LogP contribution in [0.3, 0.4) is 0 Å². The van der Waals surface area contributed by atoms with Crippen molar-refractivity contribution >= 4 is 15.8 Å². The number of hydrogen-bond acceptors (Lipinski definition) is 4. The van der Waals surface area contributed by atoms with E-state index >= 15 is 0 Å². The van der Waals surface area contributed by atoms with Crippen molar-refractivity contribution in [3.8, 4) is 0 Å². The fraction of sp³-hybridized carbons (Fsp3) is 0.909. The van der Waals surface area contributed by atoms with Gasteiger partial charge in [-0.25, -0.2) is 13.1 Å². The molecule has 0 radical (unpaired) electrons. The number of Topliss-reactive ketones (excluding diaryl/α,β-unsaturated/α-hetero) is 1. The Balaban J connectivity index is 2.19. The summed E-state index contributed by atoms with van der Waals surface area (Å²) >= 11 is 0. The van der Waals surface area contributed by atoms with Gasteiger partial charge in [-0.1, -0.05) is 0 Å². The number of likely N-dealkylation sites (tertiary alicyclic amines) is 1. The summed E-state index contributed by atoms with van der Waals surface area (Å²) in [4.78, 5) is 13.1. The van der Waals surface area contributed by atoms with Crippen molar-refractivity contribution in [3.05, 3.63) is 0 Å². The van der Waals surface area contributed by atoms with Gasteiger partial charge in [-0.05, 0) is 45.8 Å². The summed E-state index contributed by atoms with van der Waals surface area (Å²) in [6.07, 6.45) is 4.45. The molecule has 0 amide bonds. The predicted molar refractivity (Wildman–Crippen MR) is 67.4 cm³/mol. The second kappa shape index (κ2) is 6.47. The summed E-state index contributed by atoms with van der Waals surface area (Å²) in [6, 6.07) is 0.0778. The Bertz CT molecular complexity index is 346. The largest absolute Gasteiger partial charge is 0.303 e. The molecule has 0 aromatic carbocycles. The minimum Gasteiger partial charge on any atom is -0.303 e. The van der Waals surface area contributed by atoms with Crippen LogP contribution >= 0.6 is 0 Å². The molecule has 1 N–H and O–H groups in total. The molecule has 0 aliphatic carbocycles. The number of ketones is 1. The number of carbonyl (C=O) groups excluding carboxylic acids is 1. The Labute approximate surface area is 104 Å². The summed E-state index contributed by atoms with van der Waals surface area (Å²) in [5.41, 5.74) is 0. The molecule has 0 bridgehead atoms. The standard InChI is InChI=1S/C11H22N2O3S/c1-10(14)4-3-7-13-8-5-11(6-9-13)12-17(2,15)16/h11-12H,3-9H2,1-2H3. The highest BCUT2D eigenvalue weighted by Crippen LogP contribution is 2.11. The molecule has 1 aliphatic rings. The highest BCUT2D eigenvalue weighted by molar-refractivity contribution is 7.88. The SMILES string of the molecule is CC(=O)CCCN1CCC(NS(C)(=O)=O)CC1. The molecule has 100 valence electrons. The fourth-order valence-corrected chi connectivity index (χ4v) is 2.97. The molecule has 0 atom stereocenters. The van der Waals surface area contributed by atoms with Gasteiger partial charge in [0, 0.05) is 12.5 Å². The molecule has 0 spiro atoms. The third kappa shape index (κ3) is 6.75. The summed E-state index contributed by atoms with van der Waals surface area (Å²) in [6.45, 7) is 4.36. The number of rotatable bonds is 6. The number of carbonyl (C=O) groups is 1. The van der Waals surface area contributed by atoms with Crippen molar-refractivity contribution in [2.24, 2.45) is 0 Å². The number of nitrogens with one attached hydrogen (secondary N) is 1. The molecule has 1 rings (SSSR count). The van der Waals surface area contributed by atoms with Crippen LogP contribution in [-0.4, -0.2) is 51.0 Å². The van der Waals surface area contributed by atoms with Gasteiger partial charge in [-0.15, -0.1) is 0 Å². The lowest BCUT2D eigenvalue weighted by Gasteiger charge is -2.31. The van der Waals surface area contributed by atoms with Crippen LogP contribution in [0.5, 0.6) is 0 Å². The molecule has 6 heteroatoms. The maximum absolute atomic E-state index is 11.1. The van der Waals surface area contributed by atoms with Gasteiger partial charge >= 0.3 is 0 Å². The number of piperidine rings is 1. The molecular weight excluding hydrogens is 240 g/mol. The van der Waals surface area contributed by atoms with Gasteiger partial charge in [0.15, 0.2) is 0 Å². The van der Waals surface area contributed by atoms with Crippen molar-refractivity contribution in [3.63, 3.8) is 0 Å². The van der Waals surface area contributed by atoms with E-state index in [4.69, 9.17) is 0 Å². The first-order valence-electron chi connectivity index (χ1n) is 6.06. The molecule has 0 aromatic rings. The monoisotopic (exact) mass is 262 g/mol. The average molecular weight is 262 g/mol. The van der Waals surface area contributed by atoms with Crippen molar-refractivity contribution in [2.75, 3.05) is 25.9 Å². The third-order valence-electron chi connectivity index (χ3n) is 2.97. The van der Waals surface area contributed by atoms with Gasteiger partial charge in [-0.3, -0.25) is 0 Å². The van der Waals surface area contributed by atoms with E-state index in [0.717, 1.165) is 38.9 Å². The van der Waals surface area contributed by atoms with Crippen LogP contribution in [0.4, 0.5) is 0 Å². The van der Waals surface area contributed by atoms with Crippen LogP contribution in [0.2, 0.25) is 0 Å². The predicted octanol–water partition coefficient (Wildman–Crippen LogP) is 0.369. The van der Waals surface area contributed by atoms with Crippen LogP contribution < -0.4 is 4.72 Å². The van der Waals surface area contributed by atoms with Crippen molar-refractivity contribution < 1.29 is 13.2 Å². The Morgan fingerprint density at radius 2 is 1.94 bits per heavy atom. The first-order chi connectivity index (χ1) is 7.87. The van der Waals surface area contributed by atoms with E-state index in [-0.39, 0.29) is 11.8 Å². The summed E-state index contributed by atoms with van der Waals surface area (Å²) in [5.74, 6) is 0.235. The maximum Gasteiger partial charge on any atom is 0.208 e. The van der Waals surface area contributed by atoms with Crippen LogP contribution in [0.25, 0.3) is 0 Å². The molecule has 17 heavy (non-hydrogen) atoms. The zero-order valence-corrected chi connectivity index (χ0v) is 11.4. The smallest absolute Gasteiger partial charge is 0.208 e. The van der Waals surface area contributed by atoms with Gasteiger partial charge in [0.2, 0.25) is 10.0 Å².